The summed E-state index contributed by atoms with van der Waals surface area (Å²) in [4.78, 5) is 24.4. The Morgan fingerprint density at radius 3 is 2.76 bits per heavy atom. The third-order valence-corrected chi connectivity index (χ3v) is 3.06. The summed E-state index contributed by atoms with van der Waals surface area (Å²) in [7, 11) is 1.57. The first kappa shape index (κ1) is 13.9. The summed E-state index contributed by atoms with van der Waals surface area (Å²) in [5.41, 5.74) is -0.715. The van der Waals surface area contributed by atoms with Gasteiger partial charge in [-0.25, -0.2) is 0 Å². The monoisotopic (exact) mass is 244 g/mol. The largest absolute Gasteiger partial charge is 0.481 e. The SMILES string of the molecule is COCCNC(=O)CN1CCC(C)(C(=O)O)C1. The van der Waals surface area contributed by atoms with Crippen LogP contribution in [0.3, 0.4) is 0 Å². The summed E-state index contributed by atoms with van der Waals surface area (Å²) in [5, 5.41) is 11.8. The van der Waals surface area contributed by atoms with Crippen LogP contribution in [0.1, 0.15) is 13.3 Å². The van der Waals surface area contributed by atoms with E-state index in [0.29, 0.717) is 32.7 Å². The second-order valence-corrected chi connectivity index (χ2v) is 4.67. The number of carboxylic acid groups (broad SMARTS) is 1. The van der Waals surface area contributed by atoms with E-state index >= 15 is 0 Å². The third kappa shape index (κ3) is 3.98. The van der Waals surface area contributed by atoms with Crippen molar-refractivity contribution in [3.63, 3.8) is 0 Å². The van der Waals surface area contributed by atoms with Crippen molar-refractivity contribution in [1.82, 2.24) is 10.2 Å². The molecule has 1 rings (SSSR count). The van der Waals surface area contributed by atoms with Crippen LogP contribution < -0.4 is 5.32 Å². The van der Waals surface area contributed by atoms with Gasteiger partial charge in [0.1, 0.15) is 0 Å². The minimum Gasteiger partial charge on any atom is -0.481 e. The highest BCUT2D eigenvalue weighted by molar-refractivity contribution is 5.79. The molecule has 0 aromatic heterocycles. The van der Waals surface area contributed by atoms with Crippen LogP contribution in [0.5, 0.6) is 0 Å². The standard InChI is InChI=1S/C11H20N2O4/c1-11(10(15)16)3-5-13(8-11)7-9(14)12-4-6-17-2/h3-8H2,1-2H3,(H,12,14)(H,15,16). The van der Waals surface area contributed by atoms with Crippen molar-refractivity contribution < 1.29 is 19.4 Å². The number of hydrogen-bond donors (Lipinski definition) is 2. The van der Waals surface area contributed by atoms with Crippen LogP contribution in [0.15, 0.2) is 0 Å². The Morgan fingerprint density at radius 2 is 2.24 bits per heavy atom. The van der Waals surface area contributed by atoms with Gasteiger partial charge in [0.2, 0.25) is 5.91 Å². The molecule has 1 heterocycles. The van der Waals surface area contributed by atoms with Gasteiger partial charge in [0.25, 0.3) is 0 Å². The number of likely N-dealkylation sites (tertiary alicyclic amines) is 1. The molecule has 0 radical (unpaired) electrons. The molecule has 17 heavy (non-hydrogen) atoms. The number of nitrogens with zero attached hydrogens (tertiary/aromatic N) is 1. The quantitative estimate of drug-likeness (QED) is 0.618. The highest BCUT2D eigenvalue weighted by atomic mass is 16.5. The Hall–Kier alpha value is -1.14. The zero-order valence-corrected chi connectivity index (χ0v) is 10.4. The molecule has 1 fully saturated rings. The lowest BCUT2D eigenvalue weighted by Crippen LogP contribution is -2.39. The van der Waals surface area contributed by atoms with Crippen LogP contribution >= 0.6 is 0 Å². The number of carboxylic acids is 1. The molecule has 1 aliphatic heterocycles. The zero-order valence-electron chi connectivity index (χ0n) is 10.4. The molecule has 0 spiro atoms. The second kappa shape index (κ2) is 5.97. The number of carbonyl (C=O) groups is 2. The van der Waals surface area contributed by atoms with Crippen molar-refractivity contribution in [2.45, 2.75) is 13.3 Å². The number of rotatable bonds is 6. The lowest BCUT2D eigenvalue weighted by Gasteiger charge is -2.19. The number of nitrogens with one attached hydrogen (secondary N) is 1. The Labute approximate surface area is 101 Å². The van der Waals surface area contributed by atoms with Gasteiger partial charge >= 0.3 is 5.97 Å². The molecule has 1 saturated heterocycles. The van der Waals surface area contributed by atoms with E-state index in [-0.39, 0.29) is 12.5 Å². The highest BCUT2D eigenvalue weighted by Crippen LogP contribution is 2.29. The predicted molar refractivity (Wildman–Crippen MR) is 61.7 cm³/mol. The van der Waals surface area contributed by atoms with Crippen molar-refractivity contribution in [1.29, 1.82) is 0 Å². The summed E-state index contributed by atoms with van der Waals surface area (Å²) in [5.74, 6) is -0.878. The van der Waals surface area contributed by atoms with Gasteiger partial charge in [0, 0.05) is 20.2 Å². The summed E-state index contributed by atoms with van der Waals surface area (Å²) in [6.45, 7) is 4.03. The maximum Gasteiger partial charge on any atom is 0.310 e. The van der Waals surface area contributed by atoms with Crippen LogP contribution in [-0.2, 0) is 14.3 Å². The van der Waals surface area contributed by atoms with Gasteiger partial charge in [-0.3, -0.25) is 14.5 Å². The first-order valence-electron chi connectivity index (χ1n) is 5.69. The van der Waals surface area contributed by atoms with Crippen molar-refractivity contribution in [2.24, 2.45) is 5.41 Å². The normalized spacial score (nSPS) is 24.8. The molecular formula is C11H20N2O4. The highest BCUT2D eigenvalue weighted by Gasteiger charge is 2.40. The molecule has 0 aliphatic carbocycles. The summed E-state index contributed by atoms with van der Waals surface area (Å²) in [6.07, 6.45) is 0.591. The Kier molecular flexibility index (Phi) is 4.89. The fourth-order valence-electron chi connectivity index (χ4n) is 1.92. The summed E-state index contributed by atoms with van der Waals surface area (Å²) < 4.78 is 4.82. The van der Waals surface area contributed by atoms with Crippen molar-refractivity contribution in [3.8, 4) is 0 Å². The molecular weight excluding hydrogens is 224 g/mol. The summed E-state index contributed by atoms with van der Waals surface area (Å²) in [6, 6.07) is 0. The van der Waals surface area contributed by atoms with Crippen LogP contribution in [0, 0.1) is 5.41 Å². The maximum atomic E-state index is 11.5. The average Bonchev–Trinajstić information content (AvgIpc) is 2.62. The van der Waals surface area contributed by atoms with E-state index < -0.39 is 11.4 Å². The molecule has 1 unspecified atom stereocenters. The van der Waals surface area contributed by atoms with Gasteiger partial charge in [-0.05, 0) is 19.9 Å². The minimum absolute atomic E-state index is 0.0864. The smallest absolute Gasteiger partial charge is 0.310 e. The number of ether oxygens (including phenoxy) is 1. The van der Waals surface area contributed by atoms with E-state index in [2.05, 4.69) is 5.32 Å². The van der Waals surface area contributed by atoms with E-state index in [9.17, 15) is 9.59 Å². The summed E-state index contributed by atoms with van der Waals surface area (Å²) >= 11 is 0. The van der Waals surface area contributed by atoms with Crippen LogP contribution in [0.2, 0.25) is 0 Å². The van der Waals surface area contributed by atoms with Gasteiger partial charge in [-0.2, -0.15) is 0 Å². The lowest BCUT2D eigenvalue weighted by atomic mass is 9.90. The molecule has 6 nitrogen and oxygen atoms in total. The first-order valence-corrected chi connectivity index (χ1v) is 5.69. The molecule has 0 aromatic carbocycles. The molecule has 6 heteroatoms. The Morgan fingerprint density at radius 1 is 1.53 bits per heavy atom. The minimum atomic E-state index is -0.792. The van der Waals surface area contributed by atoms with Crippen LogP contribution in [0.4, 0.5) is 0 Å². The topological polar surface area (TPSA) is 78.9 Å². The molecule has 2 N–H and O–H groups in total. The number of amides is 1. The zero-order chi connectivity index (χ0) is 12.9. The van der Waals surface area contributed by atoms with Crippen LogP contribution in [-0.4, -0.2) is 61.8 Å². The number of hydrogen-bond acceptors (Lipinski definition) is 4. The van der Waals surface area contributed by atoms with E-state index in [0.717, 1.165) is 0 Å². The van der Waals surface area contributed by atoms with Gasteiger partial charge < -0.3 is 15.2 Å². The lowest BCUT2D eigenvalue weighted by molar-refractivity contribution is -0.147. The predicted octanol–water partition coefficient (Wildman–Crippen LogP) is -0.454. The molecule has 98 valence electrons. The fourth-order valence-corrected chi connectivity index (χ4v) is 1.92. The maximum absolute atomic E-state index is 11.5. The van der Waals surface area contributed by atoms with Crippen LogP contribution in [0.25, 0.3) is 0 Å². The molecule has 0 bridgehead atoms. The molecule has 0 aromatic rings. The van der Waals surface area contributed by atoms with Gasteiger partial charge in [-0.1, -0.05) is 0 Å². The second-order valence-electron chi connectivity index (χ2n) is 4.67. The van der Waals surface area contributed by atoms with Crippen molar-refractivity contribution in [2.75, 3.05) is 39.9 Å². The van der Waals surface area contributed by atoms with E-state index in [1.165, 1.54) is 0 Å². The van der Waals surface area contributed by atoms with Crippen molar-refractivity contribution in [3.05, 3.63) is 0 Å². The average molecular weight is 244 g/mol. The third-order valence-electron chi connectivity index (χ3n) is 3.06. The molecule has 1 amide bonds. The van der Waals surface area contributed by atoms with Gasteiger partial charge in [0.15, 0.2) is 0 Å². The number of aliphatic carboxylic acids is 1. The molecule has 1 atom stereocenters. The van der Waals surface area contributed by atoms with Gasteiger partial charge in [0.05, 0.1) is 18.6 Å². The number of methoxy groups -OCH3 is 1. The van der Waals surface area contributed by atoms with E-state index in [4.69, 9.17) is 9.84 Å². The van der Waals surface area contributed by atoms with Crippen molar-refractivity contribution >= 4 is 11.9 Å². The molecule has 0 saturated carbocycles. The van der Waals surface area contributed by atoms with E-state index in [1.54, 1.807) is 14.0 Å². The fraction of sp³-hybridized carbons (Fsp3) is 0.818. The Balaban J connectivity index is 2.30. The molecule has 1 aliphatic rings. The Bertz CT molecular complexity index is 295. The van der Waals surface area contributed by atoms with E-state index in [1.807, 2.05) is 4.90 Å². The number of carbonyl (C=O) groups excluding carboxylic acids is 1. The first-order chi connectivity index (χ1) is 7.98. The van der Waals surface area contributed by atoms with Gasteiger partial charge in [-0.15, -0.1) is 0 Å².